The zero-order valence-electron chi connectivity index (χ0n) is 10.1. The van der Waals surface area contributed by atoms with Gasteiger partial charge in [0, 0.05) is 18.3 Å². The fraction of sp³-hybridized carbons (Fsp3) is 0.462. The first-order chi connectivity index (χ1) is 8.70. The van der Waals surface area contributed by atoms with Crippen LogP contribution < -0.4 is 5.32 Å². The summed E-state index contributed by atoms with van der Waals surface area (Å²) in [7, 11) is 0. The SMILES string of the molecule is N#Cc1ccc(NCC2CCCC2)cc1[N+](=O)[O-]. The molecule has 1 aliphatic carbocycles. The van der Waals surface area contributed by atoms with Crippen molar-refractivity contribution in [3.8, 4) is 6.07 Å². The van der Waals surface area contributed by atoms with Gasteiger partial charge in [-0.3, -0.25) is 10.1 Å². The summed E-state index contributed by atoms with van der Waals surface area (Å²) in [6.45, 7) is 0.850. The molecule has 1 aromatic rings. The van der Waals surface area contributed by atoms with Crippen LogP contribution in [0.4, 0.5) is 11.4 Å². The minimum atomic E-state index is -0.515. The Morgan fingerprint density at radius 2 is 2.17 bits per heavy atom. The molecule has 1 aromatic carbocycles. The van der Waals surface area contributed by atoms with E-state index in [9.17, 15) is 10.1 Å². The van der Waals surface area contributed by atoms with Gasteiger partial charge >= 0.3 is 0 Å². The van der Waals surface area contributed by atoms with Gasteiger partial charge in [-0.25, -0.2) is 0 Å². The average Bonchev–Trinajstić information content (AvgIpc) is 2.89. The molecule has 0 aromatic heterocycles. The van der Waals surface area contributed by atoms with Gasteiger partial charge in [-0.15, -0.1) is 0 Å². The Morgan fingerprint density at radius 1 is 1.44 bits per heavy atom. The Morgan fingerprint density at radius 3 is 2.78 bits per heavy atom. The molecule has 0 aliphatic heterocycles. The van der Waals surface area contributed by atoms with Crippen LogP contribution in [0.15, 0.2) is 18.2 Å². The molecule has 0 bridgehead atoms. The Labute approximate surface area is 106 Å². The van der Waals surface area contributed by atoms with Crippen LogP contribution in [0.25, 0.3) is 0 Å². The quantitative estimate of drug-likeness (QED) is 0.653. The number of nitrogens with one attached hydrogen (secondary N) is 1. The number of nitrogens with zero attached hydrogens (tertiary/aromatic N) is 2. The van der Waals surface area contributed by atoms with Gasteiger partial charge in [0.25, 0.3) is 5.69 Å². The van der Waals surface area contributed by atoms with E-state index in [4.69, 9.17) is 5.26 Å². The van der Waals surface area contributed by atoms with E-state index in [1.54, 1.807) is 6.07 Å². The summed E-state index contributed by atoms with van der Waals surface area (Å²) in [4.78, 5) is 10.3. The third-order valence-electron chi connectivity index (χ3n) is 3.38. The van der Waals surface area contributed by atoms with E-state index in [0.29, 0.717) is 11.6 Å². The second-order valence-electron chi connectivity index (χ2n) is 4.63. The molecule has 5 heteroatoms. The van der Waals surface area contributed by atoms with Crippen LogP contribution in [-0.2, 0) is 0 Å². The van der Waals surface area contributed by atoms with Crippen LogP contribution in [0.3, 0.4) is 0 Å². The maximum Gasteiger partial charge on any atom is 0.289 e. The van der Waals surface area contributed by atoms with Gasteiger partial charge in [-0.2, -0.15) is 5.26 Å². The smallest absolute Gasteiger partial charge is 0.289 e. The van der Waals surface area contributed by atoms with Gasteiger partial charge in [0.05, 0.1) is 4.92 Å². The lowest BCUT2D eigenvalue weighted by Gasteiger charge is -2.11. The van der Waals surface area contributed by atoms with Crippen molar-refractivity contribution in [3.63, 3.8) is 0 Å². The molecular weight excluding hydrogens is 230 g/mol. The van der Waals surface area contributed by atoms with E-state index < -0.39 is 4.92 Å². The van der Waals surface area contributed by atoms with Gasteiger partial charge in [0.15, 0.2) is 0 Å². The predicted molar refractivity (Wildman–Crippen MR) is 68.3 cm³/mol. The highest BCUT2D eigenvalue weighted by atomic mass is 16.6. The molecule has 0 spiro atoms. The van der Waals surface area contributed by atoms with Crippen molar-refractivity contribution in [1.82, 2.24) is 0 Å². The fourth-order valence-corrected chi connectivity index (χ4v) is 2.36. The van der Waals surface area contributed by atoms with E-state index in [-0.39, 0.29) is 11.3 Å². The van der Waals surface area contributed by atoms with E-state index in [1.807, 2.05) is 6.07 Å². The molecule has 1 fully saturated rings. The third kappa shape index (κ3) is 2.77. The first-order valence-corrected chi connectivity index (χ1v) is 6.13. The van der Waals surface area contributed by atoms with Gasteiger partial charge in [-0.05, 0) is 30.9 Å². The molecule has 0 amide bonds. The summed E-state index contributed by atoms with van der Waals surface area (Å²) in [6.07, 6.45) is 5.01. The zero-order chi connectivity index (χ0) is 13.0. The Hall–Kier alpha value is -2.09. The molecule has 2 rings (SSSR count). The molecule has 18 heavy (non-hydrogen) atoms. The predicted octanol–water partition coefficient (Wildman–Crippen LogP) is 3.07. The van der Waals surface area contributed by atoms with Gasteiger partial charge in [0.2, 0.25) is 0 Å². The summed E-state index contributed by atoms with van der Waals surface area (Å²) in [6, 6.07) is 6.49. The van der Waals surface area contributed by atoms with Crippen molar-refractivity contribution in [2.75, 3.05) is 11.9 Å². The van der Waals surface area contributed by atoms with Crippen molar-refractivity contribution >= 4 is 11.4 Å². The molecule has 0 heterocycles. The average molecular weight is 245 g/mol. The maximum absolute atomic E-state index is 10.8. The van der Waals surface area contributed by atoms with Gasteiger partial charge in [-0.1, -0.05) is 12.8 Å². The van der Waals surface area contributed by atoms with E-state index in [2.05, 4.69) is 5.32 Å². The van der Waals surface area contributed by atoms with Crippen molar-refractivity contribution < 1.29 is 4.92 Å². The summed E-state index contributed by atoms with van der Waals surface area (Å²) in [5.74, 6) is 0.666. The monoisotopic (exact) mass is 245 g/mol. The van der Waals surface area contributed by atoms with Crippen molar-refractivity contribution in [3.05, 3.63) is 33.9 Å². The molecule has 0 atom stereocenters. The lowest BCUT2D eigenvalue weighted by atomic mass is 10.1. The van der Waals surface area contributed by atoms with Gasteiger partial charge < -0.3 is 5.32 Å². The second kappa shape index (κ2) is 5.50. The Balaban J connectivity index is 2.07. The van der Waals surface area contributed by atoms with Crippen molar-refractivity contribution in [2.45, 2.75) is 25.7 Å². The summed E-state index contributed by atoms with van der Waals surface area (Å²) in [5, 5.41) is 22.8. The first kappa shape index (κ1) is 12.4. The Bertz CT molecular complexity index is 487. The topological polar surface area (TPSA) is 79.0 Å². The summed E-state index contributed by atoms with van der Waals surface area (Å²) < 4.78 is 0. The van der Waals surface area contributed by atoms with Gasteiger partial charge in [0.1, 0.15) is 11.6 Å². The molecule has 1 saturated carbocycles. The molecule has 0 unspecified atom stereocenters. The van der Waals surface area contributed by atoms with Crippen molar-refractivity contribution in [1.29, 1.82) is 5.26 Å². The normalized spacial score (nSPS) is 15.3. The number of nitriles is 1. The summed E-state index contributed by atoms with van der Waals surface area (Å²) in [5.41, 5.74) is 0.688. The van der Waals surface area contributed by atoms with E-state index >= 15 is 0 Å². The highest BCUT2D eigenvalue weighted by Crippen LogP contribution is 2.26. The molecular formula is C13H15N3O2. The molecule has 5 nitrogen and oxygen atoms in total. The number of anilines is 1. The molecule has 94 valence electrons. The lowest BCUT2D eigenvalue weighted by molar-refractivity contribution is -0.385. The van der Waals surface area contributed by atoms with Crippen LogP contribution in [0, 0.1) is 27.4 Å². The minimum Gasteiger partial charge on any atom is -0.385 e. The Kier molecular flexibility index (Phi) is 3.78. The minimum absolute atomic E-state index is 0.103. The van der Waals surface area contributed by atoms with E-state index in [0.717, 1.165) is 6.54 Å². The van der Waals surface area contributed by atoms with Crippen LogP contribution in [0.2, 0.25) is 0 Å². The number of hydrogen-bond donors (Lipinski definition) is 1. The number of rotatable bonds is 4. The summed E-state index contributed by atoms with van der Waals surface area (Å²) >= 11 is 0. The standard InChI is InChI=1S/C13H15N3O2/c14-8-11-5-6-12(7-13(11)16(17)18)15-9-10-3-1-2-4-10/h5-7,10,15H,1-4,9H2. The number of nitro groups is 1. The maximum atomic E-state index is 10.8. The molecule has 1 aliphatic rings. The molecule has 0 radical (unpaired) electrons. The van der Waals surface area contributed by atoms with Crippen LogP contribution in [0.1, 0.15) is 31.2 Å². The molecule has 0 saturated heterocycles. The number of benzene rings is 1. The van der Waals surface area contributed by atoms with Crippen LogP contribution >= 0.6 is 0 Å². The van der Waals surface area contributed by atoms with Crippen molar-refractivity contribution in [2.24, 2.45) is 5.92 Å². The number of nitro benzene ring substituents is 1. The zero-order valence-corrected chi connectivity index (χ0v) is 10.1. The first-order valence-electron chi connectivity index (χ1n) is 6.13. The van der Waals surface area contributed by atoms with Crippen LogP contribution in [0.5, 0.6) is 0 Å². The van der Waals surface area contributed by atoms with Crippen LogP contribution in [-0.4, -0.2) is 11.5 Å². The van der Waals surface area contributed by atoms with E-state index in [1.165, 1.54) is 37.8 Å². The molecule has 1 N–H and O–H groups in total. The third-order valence-corrected chi connectivity index (χ3v) is 3.38. The second-order valence-corrected chi connectivity index (χ2v) is 4.63. The highest BCUT2D eigenvalue weighted by Gasteiger charge is 2.16. The lowest BCUT2D eigenvalue weighted by Crippen LogP contribution is -2.11. The highest BCUT2D eigenvalue weighted by molar-refractivity contribution is 5.59. The number of hydrogen-bond acceptors (Lipinski definition) is 4. The largest absolute Gasteiger partial charge is 0.385 e. The fourth-order valence-electron chi connectivity index (χ4n) is 2.36.